The van der Waals surface area contributed by atoms with Crippen LogP contribution in [0.5, 0.6) is 0 Å². The fourth-order valence-electron chi connectivity index (χ4n) is 1.77. The van der Waals surface area contributed by atoms with Gasteiger partial charge in [-0.25, -0.2) is 0 Å². The van der Waals surface area contributed by atoms with Crippen molar-refractivity contribution in [3.8, 4) is 0 Å². The first-order valence-corrected chi connectivity index (χ1v) is 7.11. The lowest BCUT2D eigenvalue weighted by atomic mass is 9.79. The highest BCUT2D eigenvalue weighted by molar-refractivity contribution is 14.1. The maximum absolute atomic E-state index is 5.30. The van der Waals surface area contributed by atoms with Crippen LogP contribution >= 0.6 is 22.6 Å². The minimum absolute atomic E-state index is 0.320. The van der Waals surface area contributed by atoms with Crippen molar-refractivity contribution in [2.24, 2.45) is 5.41 Å². The largest absolute Gasteiger partial charge is 0.359 e. The summed E-state index contributed by atoms with van der Waals surface area (Å²) in [4.78, 5) is 0. The summed E-state index contributed by atoms with van der Waals surface area (Å²) in [6, 6.07) is 0. The van der Waals surface area contributed by atoms with E-state index in [9.17, 15) is 0 Å². The van der Waals surface area contributed by atoms with E-state index >= 15 is 0 Å². The van der Waals surface area contributed by atoms with Gasteiger partial charge in [0.2, 0.25) is 0 Å². The van der Waals surface area contributed by atoms with Crippen LogP contribution in [-0.4, -0.2) is 24.9 Å². The molecule has 0 heterocycles. The topological polar surface area (TPSA) is 18.5 Å². The third-order valence-electron chi connectivity index (χ3n) is 2.64. The molecule has 0 saturated carbocycles. The van der Waals surface area contributed by atoms with E-state index in [1.165, 1.54) is 0 Å². The van der Waals surface area contributed by atoms with Gasteiger partial charge in [-0.15, -0.1) is 13.2 Å². The second kappa shape index (κ2) is 10.3. The fraction of sp³-hybridized carbons (Fsp3) is 0.692. The maximum atomic E-state index is 5.30. The van der Waals surface area contributed by atoms with E-state index in [1.54, 1.807) is 7.11 Å². The third kappa shape index (κ3) is 6.66. The van der Waals surface area contributed by atoms with E-state index in [1.807, 2.05) is 12.2 Å². The molecule has 16 heavy (non-hydrogen) atoms. The summed E-state index contributed by atoms with van der Waals surface area (Å²) in [5, 5.41) is 0. The van der Waals surface area contributed by atoms with Gasteiger partial charge in [-0.05, 0) is 31.1 Å². The van der Waals surface area contributed by atoms with Crippen molar-refractivity contribution in [2.45, 2.75) is 25.7 Å². The van der Waals surface area contributed by atoms with E-state index in [0.29, 0.717) is 12.2 Å². The molecule has 0 atom stereocenters. The molecule has 0 amide bonds. The molecule has 0 aliphatic carbocycles. The highest BCUT2D eigenvalue weighted by Gasteiger charge is 2.25. The predicted molar refractivity (Wildman–Crippen MR) is 78.0 cm³/mol. The van der Waals surface area contributed by atoms with Gasteiger partial charge in [-0.3, -0.25) is 0 Å². The monoisotopic (exact) mass is 338 g/mol. The van der Waals surface area contributed by atoms with Crippen LogP contribution in [0, 0.1) is 5.41 Å². The molecule has 0 N–H and O–H groups in total. The van der Waals surface area contributed by atoms with Gasteiger partial charge >= 0.3 is 0 Å². The molecule has 0 spiro atoms. The Bertz CT molecular complexity index is 182. The summed E-state index contributed by atoms with van der Waals surface area (Å²) < 4.78 is 11.3. The first kappa shape index (κ1) is 16.1. The molecule has 0 aromatic rings. The van der Waals surface area contributed by atoms with Crippen LogP contribution in [0.4, 0.5) is 0 Å². The van der Waals surface area contributed by atoms with Crippen LogP contribution in [0.15, 0.2) is 25.3 Å². The number of allylic oxidation sites excluding steroid dienone is 2. The maximum Gasteiger partial charge on any atom is 0.146 e. The van der Waals surface area contributed by atoms with E-state index in [-0.39, 0.29) is 0 Å². The summed E-state index contributed by atoms with van der Waals surface area (Å²) >= 11 is 2.46. The molecular formula is C13H23IO2. The van der Waals surface area contributed by atoms with Gasteiger partial charge in [0.05, 0.1) is 0 Å². The molecule has 0 unspecified atom stereocenters. The van der Waals surface area contributed by atoms with Crippen molar-refractivity contribution in [2.75, 3.05) is 24.9 Å². The third-order valence-corrected chi connectivity index (χ3v) is 4.25. The van der Waals surface area contributed by atoms with Gasteiger partial charge in [-0.1, -0.05) is 34.7 Å². The Morgan fingerprint density at radius 2 is 1.88 bits per heavy atom. The Kier molecular flexibility index (Phi) is 10.4. The van der Waals surface area contributed by atoms with E-state index < -0.39 is 0 Å². The molecule has 0 aromatic carbocycles. The molecule has 0 aliphatic heterocycles. The van der Waals surface area contributed by atoms with Gasteiger partial charge in [0.25, 0.3) is 0 Å². The number of rotatable bonds is 11. The van der Waals surface area contributed by atoms with Crippen LogP contribution in [0.2, 0.25) is 0 Å². The number of hydrogen-bond donors (Lipinski definition) is 0. The SMILES string of the molecule is C=CCC(CI)(CC=C)CCCOCOC. The van der Waals surface area contributed by atoms with Gasteiger partial charge < -0.3 is 9.47 Å². The second-order valence-corrected chi connectivity index (χ2v) is 4.80. The molecule has 0 aliphatic rings. The minimum Gasteiger partial charge on any atom is -0.359 e. The Hall–Kier alpha value is 0.130. The molecular weight excluding hydrogens is 315 g/mol. The lowest BCUT2D eigenvalue weighted by Gasteiger charge is -2.30. The fourth-order valence-corrected chi connectivity index (χ4v) is 2.77. The Morgan fingerprint density at radius 3 is 2.31 bits per heavy atom. The van der Waals surface area contributed by atoms with Crippen molar-refractivity contribution in [3.05, 3.63) is 25.3 Å². The van der Waals surface area contributed by atoms with Crippen LogP contribution in [0.1, 0.15) is 25.7 Å². The molecule has 0 bridgehead atoms. The van der Waals surface area contributed by atoms with Crippen LogP contribution in [-0.2, 0) is 9.47 Å². The molecule has 94 valence electrons. The van der Waals surface area contributed by atoms with Gasteiger partial charge in [0.15, 0.2) is 0 Å². The number of hydrogen-bond acceptors (Lipinski definition) is 2. The van der Waals surface area contributed by atoms with Gasteiger partial charge in [-0.2, -0.15) is 0 Å². The summed E-state index contributed by atoms with van der Waals surface area (Å²) in [7, 11) is 1.64. The van der Waals surface area contributed by atoms with E-state index in [0.717, 1.165) is 36.7 Å². The quantitative estimate of drug-likeness (QED) is 0.187. The lowest BCUT2D eigenvalue weighted by Crippen LogP contribution is -2.22. The normalized spacial score (nSPS) is 11.4. The van der Waals surface area contributed by atoms with Crippen LogP contribution in [0.25, 0.3) is 0 Å². The molecule has 0 saturated heterocycles. The summed E-state index contributed by atoms with van der Waals surface area (Å²) in [6.45, 7) is 8.84. The Labute approximate surface area is 113 Å². The standard InChI is InChI=1S/C13H23IO2/c1-4-7-13(11-14,8-5-2)9-6-10-16-12-15-3/h4-5H,1-2,6-12H2,3H3. The first-order valence-electron chi connectivity index (χ1n) is 5.59. The Morgan fingerprint density at radius 1 is 1.25 bits per heavy atom. The van der Waals surface area contributed by atoms with Gasteiger partial charge in [0, 0.05) is 18.1 Å². The predicted octanol–water partition coefficient (Wildman–Crippen LogP) is 3.96. The first-order chi connectivity index (χ1) is 7.74. The van der Waals surface area contributed by atoms with Crippen molar-refractivity contribution >= 4 is 22.6 Å². The second-order valence-electron chi connectivity index (χ2n) is 4.04. The molecule has 2 nitrogen and oxygen atoms in total. The summed E-state index contributed by atoms with van der Waals surface area (Å²) in [5.41, 5.74) is 0.320. The smallest absolute Gasteiger partial charge is 0.146 e. The molecule has 0 fully saturated rings. The summed E-state index contributed by atoms with van der Waals surface area (Å²) in [5.74, 6) is 0. The van der Waals surface area contributed by atoms with Crippen LogP contribution in [0.3, 0.4) is 0 Å². The number of halogens is 1. The van der Waals surface area contributed by atoms with E-state index in [4.69, 9.17) is 9.47 Å². The summed E-state index contributed by atoms with van der Waals surface area (Å²) in [6.07, 6.45) is 8.33. The van der Waals surface area contributed by atoms with E-state index in [2.05, 4.69) is 35.7 Å². The molecule has 0 rings (SSSR count). The highest BCUT2D eigenvalue weighted by atomic mass is 127. The average Bonchev–Trinajstić information content (AvgIpc) is 2.29. The average molecular weight is 338 g/mol. The number of ether oxygens (including phenoxy) is 2. The lowest BCUT2D eigenvalue weighted by molar-refractivity contribution is -0.0333. The van der Waals surface area contributed by atoms with Crippen molar-refractivity contribution < 1.29 is 9.47 Å². The highest BCUT2D eigenvalue weighted by Crippen LogP contribution is 2.35. The Balaban J connectivity index is 3.98. The number of alkyl halides is 1. The van der Waals surface area contributed by atoms with Crippen molar-refractivity contribution in [1.29, 1.82) is 0 Å². The van der Waals surface area contributed by atoms with Crippen molar-refractivity contribution in [3.63, 3.8) is 0 Å². The molecule has 3 heteroatoms. The van der Waals surface area contributed by atoms with Gasteiger partial charge in [0.1, 0.15) is 6.79 Å². The number of methoxy groups -OCH3 is 1. The molecule has 0 aromatic heterocycles. The zero-order chi connectivity index (χ0) is 12.3. The van der Waals surface area contributed by atoms with Crippen molar-refractivity contribution in [1.82, 2.24) is 0 Å². The zero-order valence-electron chi connectivity index (χ0n) is 10.2. The zero-order valence-corrected chi connectivity index (χ0v) is 12.4. The minimum atomic E-state index is 0.320. The molecule has 0 radical (unpaired) electrons. The van der Waals surface area contributed by atoms with Crippen LogP contribution < -0.4 is 0 Å².